The molecule has 0 saturated heterocycles. The monoisotopic (exact) mass is 401 g/mol. The fourth-order valence-electron chi connectivity index (χ4n) is 2.41. The molecule has 0 aliphatic heterocycles. The summed E-state index contributed by atoms with van der Waals surface area (Å²) in [5, 5.41) is 15.7. The average molecular weight is 402 g/mol. The van der Waals surface area contributed by atoms with E-state index >= 15 is 0 Å². The molecule has 3 rings (SSSR count). The van der Waals surface area contributed by atoms with Gasteiger partial charge in [0, 0.05) is 5.69 Å². The number of aryl methyl sites for hydroxylation is 1. The molecule has 0 unspecified atom stereocenters. The number of nitrogens with zero attached hydrogens (tertiary/aromatic N) is 1. The van der Waals surface area contributed by atoms with Crippen molar-refractivity contribution in [3.63, 3.8) is 0 Å². The number of hydrogen-bond acceptors (Lipinski definition) is 5. The maximum absolute atomic E-state index is 12.4. The van der Waals surface area contributed by atoms with Crippen molar-refractivity contribution in [2.24, 2.45) is 0 Å². The maximum atomic E-state index is 12.4. The Hall–Kier alpha value is -2.90. The molecule has 3 N–H and O–H groups in total. The van der Waals surface area contributed by atoms with E-state index in [-0.39, 0.29) is 12.3 Å². The number of rotatable bonds is 6. The van der Waals surface area contributed by atoms with Crippen molar-refractivity contribution in [2.75, 3.05) is 10.6 Å². The number of aliphatic carboxylic acids is 1. The first kappa shape index (κ1) is 18.9. The molecule has 0 aliphatic rings. The zero-order valence-corrected chi connectivity index (χ0v) is 15.9. The van der Waals surface area contributed by atoms with Gasteiger partial charge < -0.3 is 15.7 Å². The van der Waals surface area contributed by atoms with E-state index in [9.17, 15) is 9.59 Å². The Morgan fingerprint density at radius 1 is 1.19 bits per heavy atom. The first-order valence-corrected chi connectivity index (χ1v) is 9.22. The number of carbonyl (C=O) groups excluding carboxylic acids is 1. The van der Waals surface area contributed by atoms with Crippen LogP contribution in [0.15, 0.2) is 48.7 Å². The van der Waals surface area contributed by atoms with Crippen molar-refractivity contribution in [2.45, 2.75) is 13.3 Å². The van der Waals surface area contributed by atoms with E-state index in [2.05, 4.69) is 15.6 Å². The smallest absolute Gasteiger partial charge is 0.307 e. The van der Waals surface area contributed by atoms with E-state index in [1.807, 2.05) is 19.1 Å². The summed E-state index contributed by atoms with van der Waals surface area (Å²) >= 11 is 7.35. The standard InChI is InChI=1S/C19H16ClN3O3S/c1-11-3-2-4-14(20)17(11)23-18(26)15-10-21-19(27-15)22-13-7-5-12(6-8-13)9-16(24)25/h2-8,10H,9H2,1H3,(H,21,22)(H,23,26)(H,24,25). The molecule has 0 saturated carbocycles. The molecule has 0 spiro atoms. The Morgan fingerprint density at radius 2 is 1.93 bits per heavy atom. The van der Waals surface area contributed by atoms with Gasteiger partial charge in [0.05, 0.1) is 23.3 Å². The first-order chi connectivity index (χ1) is 12.9. The third-order valence-electron chi connectivity index (χ3n) is 3.75. The largest absolute Gasteiger partial charge is 0.481 e. The number of carbonyl (C=O) groups is 2. The lowest BCUT2D eigenvalue weighted by atomic mass is 10.1. The lowest BCUT2D eigenvalue weighted by Gasteiger charge is -2.08. The van der Waals surface area contributed by atoms with Gasteiger partial charge >= 0.3 is 5.97 Å². The van der Waals surface area contributed by atoms with Crippen LogP contribution in [0.1, 0.15) is 20.8 Å². The summed E-state index contributed by atoms with van der Waals surface area (Å²) in [6.07, 6.45) is 1.47. The summed E-state index contributed by atoms with van der Waals surface area (Å²) in [6.45, 7) is 1.87. The first-order valence-electron chi connectivity index (χ1n) is 8.02. The highest BCUT2D eigenvalue weighted by atomic mass is 35.5. The summed E-state index contributed by atoms with van der Waals surface area (Å²) in [5.41, 5.74) is 2.93. The molecule has 1 heterocycles. The van der Waals surface area contributed by atoms with Crippen LogP contribution in [0, 0.1) is 6.92 Å². The second-order valence-electron chi connectivity index (χ2n) is 5.81. The minimum atomic E-state index is -0.875. The third-order valence-corrected chi connectivity index (χ3v) is 4.98. The van der Waals surface area contributed by atoms with Crippen LogP contribution in [-0.2, 0) is 11.2 Å². The van der Waals surface area contributed by atoms with Gasteiger partial charge in [-0.25, -0.2) is 4.98 Å². The molecule has 0 atom stereocenters. The summed E-state index contributed by atoms with van der Waals surface area (Å²) < 4.78 is 0. The van der Waals surface area contributed by atoms with E-state index in [0.717, 1.165) is 11.3 Å². The molecule has 1 aromatic heterocycles. The van der Waals surface area contributed by atoms with Crippen LogP contribution >= 0.6 is 22.9 Å². The normalized spacial score (nSPS) is 10.4. The molecular formula is C19H16ClN3O3S. The van der Waals surface area contributed by atoms with Crippen molar-refractivity contribution in [3.8, 4) is 0 Å². The zero-order chi connectivity index (χ0) is 19.4. The number of benzene rings is 2. The van der Waals surface area contributed by atoms with Crippen molar-refractivity contribution >= 4 is 51.3 Å². The fraction of sp³-hybridized carbons (Fsp3) is 0.105. The van der Waals surface area contributed by atoms with Crippen LogP contribution in [0.4, 0.5) is 16.5 Å². The Morgan fingerprint density at radius 3 is 2.59 bits per heavy atom. The number of nitrogens with one attached hydrogen (secondary N) is 2. The highest BCUT2D eigenvalue weighted by Gasteiger charge is 2.14. The topological polar surface area (TPSA) is 91.3 Å². The van der Waals surface area contributed by atoms with Gasteiger partial charge in [-0.05, 0) is 36.2 Å². The van der Waals surface area contributed by atoms with Gasteiger partial charge in [0.2, 0.25) is 0 Å². The van der Waals surface area contributed by atoms with Crippen LogP contribution in [0.25, 0.3) is 0 Å². The van der Waals surface area contributed by atoms with Gasteiger partial charge in [-0.15, -0.1) is 0 Å². The van der Waals surface area contributed by atoms with E-state index in [4.69, 9.17) is 16.7 Å². The lowest BCUT2D eigenvalue weighted by Crippen LogP contribution is -2.11. The molecule has 3 aromatic rings. The van der Waals surface area contributed by atoms with E-state index in [1.54, 1.807) is 30.3 Å². The van der Waals surface area contributed by atoms with E-state index in [1.165, 1.54) is 17.5 Å². The summed E-state index contributed by atoms with van der Waals surface area (Å²) in [5.74, 6) is -1.16. The van der Waals surface area contributed by atoms with Crippen LogP contribution in [0.5, 0.6) is 0 Å². The molecule has 0 aliphatic carbocycles. The SMILES string of the molecule is Cc1cccc(Cl)c1NC(=O)c1cnc(Nc2ccc(CC(=O)O)cc2)s1. The number of hydrogen-bond donors (Lipinski definition) is 3. The van der Waals surface area contributed by atoms with Crippen molar-refractivity contribution < 1.29 is 14.7 Å². The number of para-hydroxylation sites is 1. The third kappa shape index (κ3) is 4.84. The van der Waals surface area contributed by atoms with Crippen molar-refractivity contribution in [3.05, 3.63) is 69.7 Å². The molecule has 138 valence electrons. The number of amides is 1. The molecule has 2 aromatic carbocycles. The zero-order valence-electron chi connectivity index (χ0n) is 14.3. The van der Waals surface area contributed by atoms with Gasteiger partial charge in [0.1, 0.15) is 4.88 Å². The highest BCUT2D eigenvalue weighted by Crippen LogP contribution is 2.28. The van der Waals surface area contributed by atoms with Gasteiger partial charge in [-0.2, -0.15) is 0 Å². The Labute approximate surface area is 164 Å². The molecule has 0 bridgehead atoms. The van der Waals surface area contributed by atoms with Crippen molar-refractivity contribution in [1.29, 1.82) is 0 Å². The van der Waals surface area contributed by atoms with Gasteiger partial charge in [-0.1, -0.05) is 47.2 Å². The molecule has 6 nitrogen and oxygen atoms in total. The fourth-order valence-corrected chi connectivity index (χ4v) is 3.41. The predicted octanol–water partition coefficient (Wildman–Crippen LogP) is 4.73. The quantitative estimate of drug-likeness (QED) is 0.555. The Bertz CT molecular complexity index is 966. The number of anilines is 3. The molecule has 27 heavy (non-hydrogen) atoms. The average Bonchev–Trinajstić information content (AvgIpc) is 3.08. The summed E-state index contributed by atoms with van der Waals surface area (Å²) in [4.78, 5) is 27.8. The molecule has 1 amide bonds. The van der Waals surface area contributed by atoms with Gasteiger partial charge in [-0.3, -0.25) is 9.59 Å². The van der Waals surface area contributed by atoms with Crippen LogP contribution in [0.3, 0.4) is 0 Å². The molecule has 0 radical (unpaired) electrons. The summed E-state index contributed by atoms with van der Waals surface area (Å²) in [6, 6.07) is 12.4. The summed E-state index contributed by atoms with van der Waals surface area (Å²) in [7, 11) is 0. The van der Waals surface area contributed by atoms with Gasteiger partial charge in [0.25, 0.3) is 5.91 Å². The molecule has 0 fully saturated rings. The highest BCUT2D eigenvalue weighted by molar-refractivity contribution is 7.17. The number of aromatic nitrogens is 1. The minimum Gasteiger partial charge on any atom is -0.481 e. The number of carboxylic acid groups (broad SMARTS) is 1. The minimum absolute atomic E-state index is 0.0245. The number of carboxylic acids is 1. The number of thiazole rings is 1. The van der Waals surface area contributed by atoms with Crippen LogP contribution in [-0.4, -0.2) is 22.0 Å². The van der Waals surface area contributed by atoms with E-state index < -0.39 is 5.97 Å². The van der Waals surface area contributed by atoms with Crippen LogP contribution < -0.4 is 10.6 Å². The Kier molecular flexibility index (Phi) is 5.73. The molecule has 8 heteroatoms. The van der Waals surface area contributed by atoms with Crippen molar-refractivity contribution in [1.82, 2.24) is 4.98 Å². The molecular weight excluding hydrogens is 386 g/mol. The van der Waals surface area contributed by atoms with E-state index in [0.29, 0.717) is 26.3 Å². The second kappa shape index (κ2) is 8.20. The maximum Gasteiger partial charge on any atom is 0.307 e. The lowest BCUT2D eigenvalue weighted by molar-refractivity contribution is -0.136. The number of halogens is 1. The Balaban J connectivity index is 1.67. The predicted molar refractivity (Wildman–Crippen MR) is 107 cm³/mol. The second-order valence-corrected chi connectivity index (χ2v) is 7.25. The van der Waals surface area contributed by atoms with Crippen LogP contribution in [0.2, 0.25) is 5.02 Å². The van der Waals surface area contributed by atoms with Gasteiger partial charge in [0.15, 0.2) is 5.13 Å².